The molecule has 0 aliphatic carbocycles. The second kappa shape index (κ2) is 6.25. The molecule has 3 unspecified atom stereocenters. The largest absolute Gasteiger partial charge is 0.378 e. The highest BCUT2D eigenvalue weighted by Gasteiger charge is 2.30. The molecule has 4 heteroatoms. The minimum atomic E-state index is 0.287. The zero-order chi connectivity index (χ0) is 13.1. The van der Waals surface area contributed by atoms with Gasteiger partial charge in [-0.15, -0.1) is 0 Å². The lowest BCUT2D eigenvalue weighted by molar-refractivity contribution is 0.117. The predicted molar refractivity (Wildman–Crippen MR) is 76.4 cm³/mol. The number of hydrogen-bond donors (Lipinski definition) is 1. The van der Waals surface area contributed by atoms with Crippen LogP contribution in [0.5, 0.6) is 0 Å². The van der Waals surface area contributed by atoms with E-state index < -0.39 is 0 Å². The van der Waals surface area contributed by atoms with E-state index in [4.69, 9.17) is 27.9 Å². The summed E-state index contributed by atoms with van der Waals surface area (Å²) in [4.78, 5) is 0. The number of benzene rings is 1. The first-order chi connectivity index (χ1) is 8.61. The Labute approximate surface area is 119 Å². The normalized spacial score (nSPS) is 25.3. The fourth-order valence-corrected chi connectivity index (χ4v) is 2.87. The topological polar surface area (TPSA) is 21.3 Å². The number of nitrogens with one attached hydrogen (secondary N) is 1. The molecule has 0 amide bonds. The molecule has 0 bridgehead atoms. The number of rotatable bonds is 4. The molecule has 0 saturated carbocycles. The molecule has 1 fully saturated rings. The van der Waals surface area contributed by atoms with E-state index in [2.05, 4.69) is 19.2 Å². The molecule has 0 aromatic heterocycles. The summed E-state index contributed by atoms with van der Waals surface area (Å²) in [5.41, 5.74) is 1.19. The first-order valence-electron chi connectivity index (χ1n) is 6.41. The maximum atomic E-state index is 6.10. The molecule has 1 aliphatic rings. The van der Waals surface area contributed by atoms with Crippen LogP contribution >= 0.6 is 23.2 Å². The molecular formula is C14H19Cl2NO. The number of ether oxygens (including phenoxy) is 1. The van der Waals surface area contributed by atoms with Crippen molar-refractivity contribution in [1.82, 2.24) is 5.32 Å². The smallest absolute Gasteiger partial charge is 0.0595 e. The van der Waals surface area contributed by atoms with Gasteiger partial charge in [-0.1, -0.05) is 36.2 Å². The van der Waals surface area contributed by atoms with E-state index in [-0.39, 0.29) is 6.04 Å². The maximum absolute atomic E-state index is 6.10. The van der Waals surface area contributed by atoms with Crippen molar-refractivity contribution < 1.29 is 4.74 Å². The van der Waals surface area contributed by atoms with Crippen LogP contribution in [0.1, 0.15) is 31.9 Å². The van der Waals surface area contributed by atoms with Gasteiger partial charge in [0.1, 0.15) is 0 Å². The third-order valence-electron chi connectivity index (χ3n) is 3.43. The molecule has 1 aromatic carbocycles. The molecule has 2 rings (SSSR count). The van der Waals surface area contributed by atoms with Crippen molar-refractivity contribution in [3.8, 4) is 0 Å². The Hall–Kier alpha value is -0.280. The molecule has 1 saturated heterocycles. The fraction of sp³-hybridized carbons (Fsp3) is 0.571. The van der Waals surface area contributed by atoms with Gasteiger partial charge in [0.2, 0.25) is 0 Å². The molecule has 1 heterocycles. The highest BCUT2D eigenvalue weighted by Crippen LogP contribution is 2.34. The molecule has 3 atom stereocenters. The van der Waals surface area contributed by atoms with E-state index in [0.717, 1.165) is 19.6 Å². The van der Waals surface area contributed by atoms with Gasteiger partial charge >= 0.3 is 0 Å². The van der Waals surface area contributed by atoms with Gasteiger partial charge in [-0.05, 0) is 37.6 Å². The van der Waals surface area contributed by atoms with Gasteiger partial charge in [0.15, 0.2) is 0 Å². The van der Waals surface area contributed by atoms with Crippen molar-refractivity contribution in [2.24, 2.45) is 5.92 Å². The van der Waals surface area contributed by atoms with Crippen LogP contribution in [0.25, 0.3) is 0 Å². The van der Waals surface area contributed by atoms with E-state index in [1.165, 1.54) is 5.56 Å². The van der Waals surface area contributed by atoms with Crippen LogP contribution in [0.4, 0.5) is 0 Å². The SMILES string of the molecule is CCNC(c1ccc(Cl)c(Cl)c1)C1COC(C)C1. The Kier molecular flexibility index (Phi) is 4.91. The molecule has 0 radical (unpaired) electrons. The Morgan fingerprint density at radius 1 is 1.39 bits per heavy atom. The zero-order valence-electron chi connectivity index (χ0n) is 10.7. The summed E-state index contributed by atoms with van der Waals surface area (Å²) >= 11 is 12.1. The Morgan fingerprint density at radius 2 is 2.17 bits per heavy atom. The van der Waals surface area contributed by atoms with E-state index >= 15 is 0 Å². The van der Waals surface area contributed by atoms with Crippen LogP contribution in [-0.4, -0.2) is 19.3 Å². The van der Waals surface area contributed by atoms with Gasteiger partial charge in [-0.2, -0.15) is 0 Å². The summed E-state index contributed by atoms with van der Waals surface area (Å²) in [5, 5.41) is 4.74. The van der Waals surface area contributed by atoms with Crippen molar-refractivity contribution in [2.45, 2.75) is 32.4 Å². The summed E-state index contributed by atoms with van der Waals surface area (Å²) in [7, 11) is 0. The quantitative estimate of drug-likeness (QED) is 0.901. The van der Waals surface area contributed by atoms with Gasteiger partial charge < -0.3 is 10.1 Å². The third-order valence-corrected chi connectivity index (χ3v) is 4.17. The minimum Gasteiger partial charge on any atom is -0.378 e. The molecule has 1 N–H and O–H groups in total. The molecule has 1 aromatic rings. The zero-order valence-corrected chi connectivity index (χ0v) is 12.3. The van der Waals surface area contributed by atoms with Gasteiger partial charge in [0.25, 0.3) is 0 Å². The second-order valence-corrected chi connectivity index (χ2v) is 5.66. The minimum absolute atomic E-state index is 0.287. The summed E-state index contributed by atoms with van der Waals surface area (Å²) in [6.45, 7) is 5.97. The molecule has 18 heavy (non-hydrogen) atoms. The van der Waals surface area contributed by atoms with E-state index in [0.29, 0.717) is 22.1 Å². The van der Waals surface area contributed by atoms with Crippen molar-refractivity contribution in [2.75, 3.05) is 13.2 Å². The van der Waals surface area contributed by atoms with Crippen molar-refractivity contribution in [3.05, 3.63) is 33.8 Å². The lowest BCUT2D eigenvalue weighted by Crippen LogP contribution is -2.28. The summed E-state index contributed by atoms with van der Waals surface area (Å²) in [6, 6.07) is 6.16. The van der Waals surface area contributed by atoms with Crippen molar-refractivity contribution in [1.29, 1.82) is 0 Å². The fourth-order valence-electron chi connectivity index (χ4n) is 2.57. The highest BCUT2D eigenvalue weighted by molar-refractivity contribution is 6.42. The molecule has 2 nitrogen and oxygen atoms in total. The average Bonchev–Trinajstić information content (AvgIpc) is 2.76. The van der Waals surface area contributed by atoms with Gasteiger partial charge in [-0.25, -0.2) is 0 Å². The Morgan fingerprint density at radius 3 is 2.72 bits per heavy atom. The van der Waals surface area contributed by atoms with Crippen LogP contribution in [-0.2, 0) is 4.74 Å². The van der Waals surface area contributed by atoms with Gasteiger partial charge in [0, 0.05) is 12.0 Å². The van der Waals surface area contributed by atoms with Crippen molar-refractivity contribution in [3.63, 3.8) is 0 Å². The van der Waals surface area contributed by atoms with E-state index in [1.54, 1.807) is 0 Å². The lowest BCUT2D eigenvalue weighted by atomic mass is 9.91. The molecule has 0 spiro atoms. The summed E-state index contributed by atoms with van der Waals surface area (Å²) in [5.74, 6) is 0.497. The standard InChI is InChI=1S/C14H19Cl2NO/c1-3-17-14(11-6-9(2)18-8-11)10-4-5-12(15)13(16)7-10/h4-5,7,9,11,14,17H,3,6,8H2,1-2H3. The molecular weight excluding hydrogens is 269 g/mol. The van der Waals surface area contributed by atoms with E-state index in [1.807, 2.05) is 18.2 Å². The predicted octanol–water partition coefficient (Wildman–Crippen LogP) is 4.07. The number of halogens is 2. The third kappa shape index (κ3) is 3.18. The van der Waals surface area contributed by atoms with Gasteiger partial charge in [-0.3, -0.25) is 0 Å². The van der Waals surface area contributed by atoms with Crippen LogP contribution in [0.15, 0.2) is 18.2 Å². The van der Waals surface area contributed by atoms with E-state index in [9.17, 15) is 0 Å². The molecule has 1 aliphatic heterocycles. The average molecular weight is 288 g/mol. The van der Waals surface area contributed by atoms with Crippen molar-refractivity contribution >= 4 is 23.2 Å². The number of hydrogen-bond acceptors (Lipinski definition) is 2. The van der Waals surface area contributed by atoms with Crippen LogP contribution in [0.2, 0.25) is 10.0 Å². The van der Waals surface area contributed by atoms with Crippen LogP contribution in [0, 0.1) is 5.92 Å². The molecule has 100 valence electrons. The Balaban J connectivity index is 2.20. The van der Waals surface area contributed by atoms with Crippen LogP contribution in [0.3, 0.4) is 0 Å². The Bertz CT molecular complexity index is 411. The van der Waals surface area contributed by atoms with Crippen LogP contribution < -0.4 is 5.32 Å². The maximum Gasteiger partial charge on any atom is 0.0595 e. The summed E-state index contributed by atoms with van der Waals surface area (Å²) < 4.78 is 5.67. The second-order valence-electron chi connectivity index (χ2n) is 4.85. The first-order valence-corrected chi connectivity index (χ1v) is 7.17. The van der Waals surface area contributed by atoms with Gasteiger partial charge in [0.05, 0.1) is 22.8 Å². The lowest BCUT2D eigenvalue weighted by Gasteiger charge is -2.24. The monoisotopic (exact) mass is 287 g/mol. The highest BCUT2D eigenvalue weighted by atomic mass is 35.5. The summed E-state index contributed by atoms with van der Waals surface area (Å²) in [6.07, 6.45) is 1.43. The first kappa shape index (κ1) is 14.1.